The monoisotopic (exact) mass is 278 g/mol. The summed E-state index contributed by atoms with van der Waals surface area (Å²) in [5.41, 5.74) is 0.100. The molecule has 1 fully saturated rings. The molecule has 1 atom stereocenters. The van der Waals surface area contributed by atoms with Gasteiger partial charge in [0.25, 0.3) is 0 Å². The molecule has 1 aliphatic heterocycles. The van der Waals surface area contributed by atoms with Gasteiger partial charge in [-0.25, -0.2) is 4.98 Å². The molecule has 1 aromatic heterocycles. The molecule has 1 N–H and O–H groups in total. The SMILES string of the molecule is CCNc1ccc([N+](=O)[O-])c(N2CCCC(CC)C2)n1. The standard InChI is InChI=1S/C14H22N4O2/c1-3-11-6-5-9-17(10-11)14-12(18(19)20)7-8-13(16-14)15-4-2/h7-8,11H,3-6,9-10H2,1-2H3,(H,15,16). The minimum atomic E-state index is -0.340. The van der Waals surface area contributed by atoms with Crippen molar-refractivity contribution in [1.82, 2.24) is 4.98 Å². The first-order valence-corrected chi connectivity index (χ1v) is 7.30. The van der Waals surface area contributed by atoms with Crippen LogP contribution >= 0.6 is 0 Å². The van der Waals surface area contributed by atoms with E-state index in [0.29, 0.717) is 17.6 Å². The second kappa shape index (κ2) is 6.54. The Bertz CT molecular complexity index is 478. The van der Waals surface area contributed by atoms with Gasteiger partial charge < -0.3 is 10.2 Å². The van der Waals surface area contributed by atoms with Crippen molar-refractivity contribution < 1.29 is 4.92 Å². The molecule has 6 heteroatoms. The van der Waals surface area contributed by atoms with Gasteiger partial charge in [-0.1, -0.05) is 13.3 Å². The smallest absolute Gasteiger partial charge is 0.311 e. The summed E-state index contributed by atoms with van der Waals surface area (Å²) in [4.78, 5) is 17.4. The minimum absolute atomic E-state index is 0.100. The van der Waals surface area contributed by atoms with Crippen molar-refractivity contribution in [2.24, 2.45) is 5.92 Å². The zero-order valence-corrected chi connectivity index (χ0v) is 12.1. The molecular formula is C14H22N4O2. The highest BCUT2D eigenvalue weighted by molar-refractivity contribution is 5.62. The first kappa shape index (κ1) is 14.6. The largest absolute Gasteiger partial charge is 0.370 e. The van der Waals surface area contributed by atoms with Gasteiger partial charge in [0.15, 0.2) is 0 Å². The van der Waals surface area contributed by atoms with Crippen LogP contribution in [0.2, 0.25) is 0 Å². The number of nitrogens with zero attached hydrogens (tertiary/aromatic N) is 3. The molecule has 6 nitrogen and oxygen atoms in total. The van der Waals surface area contributed by atoms with Gasteiger partial charge in [-0.15, -0.1) is 0 Å². The predicted molar refractivity (Wildman–Crippen MR) is 80.3 cm³/mol. The average molecular weight is 278 g/mol. The molecule has 1 aliphatic rings. The second-order valence-electron chi connectivity index (χ2n) is 5.19. The number of nitro groups is 1. The number of hydrogen-bond acceptors (Lipinski definition) is 5. The molecule has 2 rings (SSSR count). The Balaban J connectivity index is 2.31. The highest BCUT2D eigenvalue weighted by Gasteiger charge is 2.26. The van der Waals surface area contributed by atoms with Crippen molar-refractivity contribution in [3.05, 3.63) is 22.2 Å². The molecule has 0 radical (unpaired) electrons. The van der Waals surface area contributed by atoms with Crippen molar-refractivity contribution >= 4 is 17.3 Å². The molecule has 0 amide bonds. The van der Waals surface area contributed by atoms with Crippen LogP contribution in [0.15, 0.2) is 12.1 Å². The molecular weight excluding hydrogens is 256 g/mol. The van der Waals surface area contributed by atoms with Crippen LogP contribution in [-0.4, -0.2) is 29.5 Å². The van der Waals surface area contributed by atoms with Crippen LogP contribution < -0.4 is 10.2 Å². The van der Waals surface area contributed by atoms with Crippen LogP contribution in [0.1, 0.15) is 33.1 Å². The minimum Gasteiger partial charge on any atom is -0.370 e. The number of nitrogens with one attached hydrogen (secondary N) is 1. The van der Waals surface area contributed by atoms with E-state index in [1.807, 2.05) is 6.92 Å². The molecule has 1 unspecified atom stereocenters. The van der Waals surface area contributed by atoms with Crippen LogP contribution in [0, 0.1) is 16.0 Å². The summed E-state index contributed by atoms with van der Waals surface area (Å²) in [7, 11) is 0. The average Bonchev–Trinajstić information content (AvgIpc) is 2.47. The summed E-state index contributed by atoms with van der Waals surface area (Å²) in [6.07, 6.45) is 3.38. The summed E-state index contributed by atoms with van der Waals surface area (Å²) in [6.45, 7) is 6.61. The maximum Gasteiger partial charge on any atom is 0.311 e. The van der Waals surface area contributed by atoms with Crippen molar-refractivity contribution in [2.45, 2.75) is 33.1 Å². The topological polar surface area (TPSA) is 71.3 Å². The fraction of sp³-hybridized carbons (Fsp3) is 0.643. The van der Waals surface area contributed by atoms with Crippen LogP contribution in [0.4, 0.5) is 17.3 Å². The van der Waals surface area contributed by atoms with Crippen LogP contribution in [0.3, 0.4) is 0 Å². The van der Waals surface area contributed by atoms with E-state index in [4.69, 9.17) is 0 Å². The zero-order valence-electron chi connectivity index (χ0n) is 12.1. The van der Waals surface area contributed by atoms with Gasteiger partial charge in [-0.05, 0) is 31.7 Å². The van der Waals surface area contributed by atoms with E-state index >= 15 is 0 Å². The third-order valence-electron chi connectivity index (χ3n) is 3.80. The third-order valence-corrected chi connectivity index (χ3v) is 3.80. The molecule has 0 bridgehead atoms. The maximum atomic E-state index is 11.2. The Morgan fingerprint density at radius 2 is 2.30 bits per heavy atom. The summed E-state index contributed by atoms with van der Waals surface area (Å²) < 4.78 is 0. The van der Waals surface area contributed by atoms with Gasteiger partial charge in [-0.2, -0.15) is 0 Å². The van der Waals surface area contributed by atoms with Gasteiger partial charge >= 0.3 is 5.69 Å². The lowest BCUT2D eigenvalue weighted by atomic mass is 9.95. The van der Waals surface area contributed by atoms with E-state index in [2.05, 4.69) is 22.1 Å². The van der Waals surface area contributed by atoms with Gasteiger partial charge in [-0.3, -0.25) is 10.1 Å². The Morgan fingerprint density at radius 3 is 2.95 bits per heavy atom. The zero-order chi connectivity index (χ0) is 14.5. The Kier molecular flexibility index (Phi) is 4.76. The second-order valence-corrected chi connectivity index (χ2v) is 5.19. The Morgan fingerprint density at radius 1 is 1.50 bits per heavy atom. The van der Waals surface area contributed by atoms with Gasteiger partial charge in [0, 0.05) is 25.7 Å². The predicted octanol–water partition coefficient (Wildman–Crippen LogP) is 3.05. The van der Waals surface area contributed by atoms with Crippen LogP contribution in [0.25, 0.3) is 0 Å². The van der Waals surface area contributed by atoms with Gasteiger partial charge in [0.1, 0.15) is 5.82 Å². The molecule has 1 aromatic rings. The molecule has 0 aliphatic carbocycles. The van der Waals surface area contributed by atoms with E-state index in [9.17, 15) is 10.1 Å². The number of pyridine rings is 1. The summed E-state index contributed by atoms with van der Waals surface area (Å²) in [5.74, 6) is 1.81. The lowest BCUT2D eigenvalue weighted by Gasteiger charge is -2.32. The highest BCUT2D eigenvalue weighted by atomic mass is 16.6. The fourth-order valence-electron chi connectivity index (χ4n) is 2.69. The number of hydrogen-bond donors (Lipinski definition) is 1. The first-order valence-electron chi connectivity index (χ1n) is 7.30. The van der Waals surface area contributed by atoms with Gasteiger partial charge in [0.2, 0.25) is 5.82 Å². The molecule has 2 heterocycles. The third kappa shape index (κ3) is 3.18. The Hall–Kier alpha value is -1.85. The van der Waals surface area contributed by atoms with E-state index in [0.717, 1.165) is 32.5 Å². The van der Waals surface area contributed by atoms with E-state index in [-0.39, 0.29) is 10.6 Å². The van der Waals surface area contributed by atoms with E-state index < -0.39 is 0 Å². The molecule has 0 aromatic carbocycles. The molecule has 0 saturated carbocycles. The normalized spacial score (nSPS) is 18.9. The summed E-state index contributed by atoms with van der Waals surface area (Å²) >= 11 is 0. The highest BCUT2D eigenvalue weighted by Crippen LogP contribution is 2.31. The Labute approximate surface area is 119 Å². The van der Waals surface area contributed by atoms with E-state index in [1.165, 1.54) is 6.42 Å². The first-order chi connectivity index (χ1) is 9.65. The van der Waals surface area contributed by atoms with Crippen molar-refractivity contribution in [2.75, 3.05) is 29.9 Å². The van der Waals surface area contributed by atoms with Crippen molar-refractivity contribution in [3.8, 4) is 0 Å². The quantitative estimate of drug-likeness (QED) is 0.662. The summed E-state index contributed by atoms with van der Waals surface area (Å²) in [6, 6.07) is 3.22. The lowest BCUT2D eigenvalue weighted by molar-refractivity contribution is -0.384. The molecule has 110 valence electrons. The number of rotatable bonds is 5. The fourth-order valence-corrected chi connectivity index (χ4v) is 2.69. The van der Waals surface area contributed by atoms with Crippen LogP contribution in [-0.2, 0) is 0 Å². The molecule has 0 spiro atoms. The maximum absolute atomic E-state index is 11.2. The van der Waals surface area contributed by atoms with Crippen LogP contribution in [0.5, 0.6) is 0 Å². The molecule has 1 saturated heterocycles. The van der Waals surface area contributed by atoms with E-state index in [1.54, 1.807) is 12.1 Å². The van der Waals surface area contributed by atoms with Gasteiger partial charge in [0.05, 0.1) is 4.92 Å². The van der Waals surface area contributed by atoms with Crippen molar-refractivity contribution in [1.29, 1.82) is 0 Å². The number of anilines is 2. The lowest BCUT2D eigenvalue weighted by Crippen LogP contribution is -2.36. The molecule has 20 heavy (non-hydrogen) atoms. The summed E-state index contributed by atoms with van der Waals surface area (Å²) in [5, 5.41) is 14.3. The number of piperidine rings is 1. The van der Waals surface area contributed by atoms with Crippen molar-refractivity contribution in [3.63, 3.8) is 0 Å². The number of aromatic nitrogens is 1.